The van der Waals surface area contributed by atoms with Crippen LogP contribution >= 0.6 is 11.8 Å². The fourth-order valence-electron chi connectivity index (χ4n) is 1.28. The Balaban J connectivity index is 2.37. The van der Waals surface area contributed by atoms with Crippen molar-refractivity contribution < 1.29 is 24.0 Å². The van der Waals surface area contributed by atoms with Crippen LogP contribution in [0.1, 0.15) is 12.2 Å². The molecule has 1 atom stereocenters. The molecular formula is C11H16N2O5S. The maximum Gasteiger partial charge on any atom is 0.326 e. The maximum atomic E-state index is 11.5. The molecule has 0 aliphatic heterocycles. The van der Waals surface area contributed by atoms with Gasteiger partial charge in [-0.1, -0.05) is 0 Å². The van der Waals surface area contributed by atoms with Gasteiger partial charge in [-0.3, -0.25) is 4.79 Å². The van der Waals surface area contributed by atoms with Gasteiger partial charge in [-0.2, -0.15) is 11.8 Å². The summed E-state index contributed by atoms with van der Waals surface area (Å²) in [5.74, 6) is -0.142. The summed E-state index contributed by atoms with van der Waals surface area (Å²) in [5, 5.41) is 14.9. The number of carboxylic acid groups (broad SMARTS) is 1. The van der Waals surface area contributed by atoms with Gasteiger partial charge in [0.2, 0.25) is 0 Å². The highest BCUT2D eigenvalue weighted by molar-refractivity contribution is 7.98. The highest BCUT2D eigenvalue weighted by Crippen LogP contribution is 2.09. The van der Waals surface area contributed by atoms with E-state index in [9.17, 15) is 9.59 Å². The number of aliphatic carboxylic acids is 1. The van der Waals surface area contributed by atoms with E-state index in [4.69, 9.17) is 14.4 Å². The van der Waals surface area contributed by atoms with Crippen LogP contribution < -0.4 is 10.1 Å². The van der Waals surface area contributed by atoms with Crippen LogP contribution in [0.25, 0.3) is 0 Å². The summed E-state index contributed by atoms with van der Waals surface area (Å²) >= 11 is 1.52. The normalized spacial score (nSPS) is 11.9. The van der Waals surface area contributed by atoms with Gasteiger partial charge in [0.15, 0.2) is 6.61 Å². The molecule has 0 aliphatic carbocycles. The van der Waals surface area contributed by atoms with Gasteiger partial charge in [-0.25, -0.2) is 4.79 Å². The van der Waals surface area contributed by atoms with Gasteiger partial charge in [0.05, 0.1) is 0 Å². The Labute approximate surface area is 114 Å². The van der Waals surface area contributed by atoms with Crippen LogP contribution in [0.5, 0.6) is 5.88 Å². The zero-order valence-electron chi connectivity index (χ0n) is 10.7. The minimum atomic E-state index is -1.06. The summed E-state index contributed by atoms with van der Waals surface area (Å²) in [4.78, 5) is 22.5. The molecule has 0 spiro atoms. The molecule has 7 nitrogen and oxygen atoms in total. The monoisotopic (exact) mass is 288 g/mol. The molecule has 0 radical (unpaired) electrons. The molecule has 0 aromatic carbocycles. The van der Waals surface area contributed by atoms with Crippen molar-refractivity contribution in [2.45, 2.75) is 19.4 Å². The van der Waals surface area contributed by atoms with E-state index >= 15 is 0 Å². The Kier molecular flexibility index (Phi) is 6.20. The summed E-state index contributed by atoms with van der Waals surface area (Å²) in [7, 11) is 0. The largest absolute Gasteiger partial charge is 0.480 e. The van der Waals surface area contributed by atoms with Crippen LogP contribution in [0, 0.1) is 6.92 Å². The van der Waals surface area contributed by atoms with Crippen LogP contribution in [-0.4, -0.2) is 46.8 Å². The molecule has 0 fully saturated rings. The number of amides is 1. The van der Waals surface area contributed by atoms with Crippen LogP contribution in [0.4, 0.5) is 0 Å². The van der Waals surface area contributed by atoms with Crippen molar-refractivity contribution in [2.75, 3.05) is 18.6 Å². The summed E-state index contributed by atoms with van der Waals surface area (Å²) in [6.45, 7) is 1.40. The third kappa shape index (κ3) is 5.64. The number of nitrogens with zero attached hydrogens (tertiary/aromatic N) is 1. The summed E-state index contributed by atoms with van der Waals surface area (Å²) < 4.78 is 9.82. The number of aryl methyl sites for hydroxylation is 1. The van der Waals surface area contributed by atoms with Crippen molar-refractivity contribution in [2.24, 2.45) is 0 Å². The third-order valence-corrected chi connectivity index (χ3v) is 2.85. The number of hydrogen-bond acceptors (Lipinski definition) is 6. The van der Waals surface area contributed by atoms with Crippen molar-refractivity contribution >= 4 is 23.6 Å². The smallest absolute Gasteiger partial charge is 0.326 e. The van der Waals surface area contributed by atoms with Crippen LogP contribution in [0.3, 0.4) is 0 Å². The summed E-state index contributed by atoms with van der Waals surface area (Å²) in [6.07, 6.45) is 2.24. The van der Waals surface area contributed by atoms with E-state index in [0.717, 1.165) is 0 Å². The molecule has 0 unspecified atom stereocenters. The van der Waals surface area contributed by atoms with Gasteiger partial charge in [0, 0.05) is 6.07 Å². The molecule has 1 amide bonds. The quantitative estimate of drug-likeness (QED) is 0.725. The maximum absolute atomic E-state index is 11.5. The van der Waals surface area contributed by atoms with E-state index in [2.05, 4.69) is 10.5 Å². The molecule has 8 heteroatoms. The first-order chi connectivity index (χ1) is 9.02. The van der Waals surface area contributed by atoms with Crippen molar-refractivity contribution in [1.82, 2.24) is 10.5 Å². The highest BCUT2D eigenvalue weighted by Gasteiger charge is 2.19. The second-order valence-corrected chi connectivity index (χ2v) is 4.79. The summed E-state index contributed by atoms with van der Waals surface area (Å²) in [5.41, 5.74) is 0. The van der Waals surface area contributed by atoms with Gasteiger partial charge >= 0.3 is 5.97 Å². The van der Waals surface area contributed by atoms with Crippen LogP contribution in [-0.2, 0) is 9.59 Å². The third-order valence-electron chi connectivity index (χ3n) is 2.20. The first-order valence-electron chi connectivity index (χ1n) is 5.60. The minimum absolute atomic E-state index is 0.198. The second kappa shape index (κ2) is 7.67. The second-order valence-electron chi connectivity index (χ2n) is 3.80. The minimum Gasteiger partial charge on any atom is -0.480 e. The molecule has 2 N–H and O–H groups in total. The van der Waals surface area contributed by atoms with Crippen molar-refractivity contribution in [3.8, 4) is 5.88 Å². The van der Waals surface area contributed by atoms with Crippen LogP contribution in [0.2, 0.25) is 0 Å². The van der Waals surface area contributed by atoms with Gasteiger partial charge in [-0.15, -0.1) is 0 Å². The molecule has 1 aromatic rings. The van der Waals surface area contributed by atoms with E-state index in [1.54, 1.807) is 6.92 Å². The fraction of sp³-hybridized carbons (Fsp3) is 0.545. The lowest BCUT2D eigenvalue weighted by molar-refractivity contribution is -0.142. The number of rotatable bonds is 8. The van der Waals surface area contributed by atoms with E-state index in [-0.39, 0.29) is 12.5 Å². The SMILES string of the molecule is CSCC[C@@H](NC(=O)COc1cc(C)on1)C(=O)O. The molecule has 0 bridgehead atoms. The average Bonchev–Trinajstić information content (AvgIpc) is 2.77. The van der Waals surface area contributed by atoms with Crippen molar-refractivity contribution in [1.29, 1.82) is 0 Å². The van der Waals surface area contributed by atoms with Gasteiger partial charge in [0.1, 0.15) is 11.8 Å². The molecule has 1 aromatic heterocycles. The molecular weight excluding hydrogens is 272 g/mol. The molecule has 0 saturated carbocycles. The predicted molar refractivity (Wildman–Crippen MR) is 69.3 cm³/mol. The van der Waals surface area contributed by atoms with Gasteiger partial charge < -0.3 is 19.7 Å². The first kappa shape index (κ1) is 15.4. The molecule has 19 heavy (non-hydrogen) atoms. The molecule has 0 aliphatic rings. The Bertz CT molecular complexity index is 434. The molecule has 1 heterocycles. The lowest BCUT2D eigenvalue weighted by atomic mass is 10.2. The van der Waals surface area contributed by atoms with E-state index in [1.807, 2.05) is 6.26 Å². The number of ether oxygens (including phenoxy) is 1. The lowest BCUT2D eigenvalue weighted by Gasteiger charge is -2.13. The number of thioether (sulfide) groups is 1. The fourth-order valence-corrected chi connectivity index (χ4v) is 1.75. The number of nitrogens with one attached hydrogen (secondary N) is 1. The number of carbonyl (C=O) groups excluding carboxylic acids is 1. The molecule has 1 rings (SSSR count). The Hall–Kier alpha value is -1.70. The van der Waals surface area contributed by atoms with E-state index in [1.165, 1.54) is 17.8 Å². The average molecular weight is 288 g/mol. The molecule has 0 saturated heterocycles. The predicted octanol–water partition coefficient (Wildman–Crippen LogP) is 0.684. The number of carboxylic acids is 1. The van der Waals surface area contributed by atoms with Crippen LogP contribution in [0.15, 0.2) is 10.6 Å². The Morgan fingerprint density at radius 1 is 1.63 bits per heavy atom. The van der Waals surface area contributed by atoms with E-state index in [0.29, 0.717) is 17.9 Å². The number of hydrogen-bond donors (Lipinski definition) is 2. The zero-order valence-corrected chi connectivity index (χ0v) is 11.5. The van der Waals surface area contributed by atoms with Gasteiger partial charge in [0.25, 0.3) is 11.8 Å². The highest BCUT2D eigenvalue weighted by atomic mass is 32.2. The van der Waals surface area contributed by atoms with E-state index < -0.39 is 17.9 Å². The lowest BCUT2D eigenvalue weighted by Crippen LogP contribution is -2.43. The Morgan fingerprint density at radius 2 is 2.37 bits per heavy atom. The zero-order chi connectivity index (χ0) is 14.3. The first-order valence-corrected chi connectivity index (χ1v) is 6.99. The Morgan fingerprint density at radius 3 is 2.89 bits per heavy atom. The number of aromatic nitrogens is 1. The summed E-state index contributed by atoms with van der Waals surface area (Å²) in [6, 6.07) is 0.637. The topological polar surface area (TPSA) is 102 Å². The van der Waals surface area contributed by atoms with Gasteiger partial charge in [-0.05, 0) is 30.5 Å². The number of carbonyl (C=O) groups is 2. The van der Waals surface area contributed by atoms with Crippen molar-refractivity contribution in [3.05, 3.63) is 11.8 Å². The van der Waals surface area contributed by atoms with Crippen molar-refractivity contribution in [3.63, 3.8) is 0 Å². The standard InChI is InChI=1S/C11H16N2O5S/c1-7-5-10(13-18-7)17-6-9(14)12-8(11(15)16)3-4-19-2/h5,8H,3-4,6H2,1-2H3,(H,12,14)(H,15,16)/t8-/m1/s1. The molecule has 106 valence electrons.